The summed E-state index contributed by atoms with van der Waals surface area (Å²) < 4.78 is 0. The molecule has 0 bridgehead atoms. The molecule has 0 atom stereocenters. The Hall–Kier alpha value is -0.510. The minimum absolute atomic E-state index is 0.994. The Morgan fingerprint density at radius 2 is 2.05 bits per heavy atom. The van der Waals surface area contributed by atoms with Crippen molar-refractivity contribution in [2.24, 2.45) is 0 Å². The van der Waals surface area contributed by atoms with E-state index in [-0.39, 0.29) is 0 Å². The summed E-state index contributed by atoms with van der Waals surface area (Å²) in [6.45, 7) is 8.16. The maximum atomic E-state index is 3.47. The number of thioether (sulfide) groups is 1. The number of benzene rings is 1. The summed E-state index contributed by atoms with van der Waals surface area (Å²) >= 11 is 2.00. The molecule has 1 fully saturated rings. The molecule has 1 aliphatic rings. The summed E-state index contributed by atoms with van der Waals surface area (Å²) in [5, 5.41) is 3.47. The fraction of sp³-hybridized carbons (Fsp3) is 0.647. The van der Waals surface area contributed by atoms with E-state index in [4.69, 9.17) is 0 Å². The summed E-state index contributed by atoms with van der Waals surface area (Å²) in [5.41, 5.74) is 1.40. The van der Waals surface area contributed by atoms with Crippen LogP contribution in [0.2, 0.25) is 0 Å². The van der Waals surface area contributed by atoms with Crippen LogP contribution < -0.4 is 5.32 Å². The molecule has 1 saturated heterocycles. The lowest BCUT2D eigenvalue weighted by molar-refractivity contribution is 0.242. The minimum atomic E-state index is 0.994. The molecule has 3 heteroatoms. The minimum Gasteiger partial charge on any atom is -0.313 e. The van der Waals surface area contributed by atoms with Gasteiger partial charge in [0.1, 0.15) is 0 Å². The van der Waals surface area contributed by atoms with Crippen LogP contribution in [0.3, 0.4) is 0 Å². The highest BCUT2D eigenvalue weighted by Gasteiger charge is 2.09. The van der Waals surface area contributed by atoms with Crippen LogP contribution in [0.15, 0.2) is 29.2 Å². The quantitative estimate of drug-likeness (QED) is 0.580. The lowest BCUT2D eigenvalue weighted by atomic mass is 10.1. The first kappa shape index (κ1) is 15.9. The number of likely N-dealkylation sites (tertiary alicyclic amines) is 1. The number of hydrogen-bond acceptors (Lipinski definition) is 3. The average molecular weight is 292 g/mol. The number of piperidine rings is 1. The molecule has 20 heavy (non-hydrogen) atoms. The van der Waals surface area contributed by atoms with E-state index in [1.165, 1.54) is 61.5 Å². The molecular weight excluding hydrogens is 264 g/mol. The molecule has 0 unspecified atom stereocenters. The fourth-order valence-electron chi connectivity index (χ4n) is 2.63. The van der Waals surface area contributed by atoms with Crippen LogP contribution in [0.4, 0.5) is 0 Å². The van der Waals surface area contributed by atoms with Gasteiger partial charge < -0.3 is 10.2 Å². The number of rotatable bonds is 8. The van der Waals surface area contributed by atoms with Crippen molar-refractivity contribution < 1.29 is 0 Å². The van der Waals surface area contributed by atoms with E-state index in [1.807, 2.05) is 11.8 Å². The van der Waals surface area contributed by atoms with Gasteiger partial charge >= 0.3 is 0 Å². The molecule has 1 aromatic carbocycles. The molecule has 0 aliphatic carbocycles. The molecule has 0 amide bonds. The molecule has 112 valence electrons. The third-order valence-corrected chi connectivity index (χ3v) is 4.75. The van der Waals surface area contributed by atoms with E-state index in [0.29, 0.717) is 0 Å². The zero-order valence-electron chi connectivity index (χ0n) is 12.7. The largest absolute Gasteiger partial charge is 0.313 e. The van der Waals surface area contributed by atoms with Crippen molar-refractivity contribution in [2.75, 3.05) is 31.9 Å². The van der Waals surface area contributed by atoms with Gasteiger partial charge in [0.25, 0.3) is 0 Å². The maximum Gasteiger partial charge on any atom is 0.0205 e. The zero-order valence-corrected chi connectivity index (χ0v) is 13.6. The Balaban J connectivity index is 1.70. The van der Waals surface area contributed by atoms with Crippen LogP contribution in [0, 0.1) is 0 Å². The molecule has 0 radical (unpaired) electrons. The average Bonchev–Trinajstić information content (AvgIpc) is 2.49. The predicted octanol–water partition coefficient (Wildman–Crippen LogP) is 3.76. The second-order valence-electron chi connectivity index (χ2n) is 5.57. The van der Waals surface area contributed by atoms with Gasteiger partial charge in [0, 0.05) is 23.7 Å². The van der Waals surface area contributed by atoms with Crippen LogP contribution in [0.1, 0.15) is 38.2 Å². The molecule has 0 spiro atoms. The van der Waals surface area contributed by atoms with Crippen LogP contribution in [-0.4, -0.2) is 36.8 Å². The van der Waals surface area contributed by atoms with E-state index >= 15 is 0 Å². The Labute approximate surface area is 128 Å². The summed E-state index contributed by atoms with van der Waals surface area (Å²) in [5.74, 6) is 1.21. The molecule has 0 aromatic heterocycles. The van der Waals surface area contributed by atoms with Gasteiger partial charge in [-0.25, -0.2) is 0 Å². The van der Waals surface area contributed by atoms with Gasteiger partial charge in [-0.05, 0) is 56.6 Å². The Morgan fingerprint density at radius 1 is 1.20 bits per heavy atom. The van der Waals surface area contributed by atoms with Crippen LogP contribution in [0.5, 0.6) is 0 Å². The molecule has 1 heterocycles. The zero-order chi connectivity index (χ0) is 14.0. The molecule has 2 rings (SSSR count). The third-order valence-electron chi connectivity index (χ3n) is 3.78. The summed E-state index contributed by atoms with van der Waals surface area (Å²) in [7, 11) is 0. The van der Waals surface area contributed by atoms with Gasteiger partial charge in [-0.2, -0.15) is 0 Å². The van der Waals surface area contributed by atoms with Gasteiger partial charge in [-0.1, -0.05) is 25.5 Å². The van der Waals surface area contributed by atoms with Crippen LogP contribution >= 0.6 is 11.8 Å². The number of hydrogen-bond donors (Lipinski definition) is 1. The fourth-order valence-corrected chi connectivity index (χ4v) is 3.63. The van der Waals surface area contributed by atoms with E-state index < -0.39 is 0 Å². The summed E-state index contributed by atoms with van der Waals surface area (Å²) in [6, 6.07) is 8.98. The van der Waals surface area contributed by atoms with Gasteiger partial charge in [0.15, 0.2) is 0 Å². The normalized spacial score (nSPS) is 16.4. The van der Waals surface area contributed by atoms with Crippen molar-refractivity contribution in [1.82, 2.24) is 10.2 Å². The first-order chi connectivity index (χ1) is 9.88. The Bertz CT molecular complexity index is 375. The number of nitrogens with one attached hydrogen (secondary N) is 1. The van der Waals surface area contributed by atoms with E-state index in [2.05, 4.69) is 41.4 Å². The molecule has 1 aromatic rings. The van der Waals surface area contributed by atoms with Crippen molar-refractivity contribution in [3.63, 3.8) is 0 Å². The van der Waals surface area contributed by atoms with Crippen molar-refractivity contribution in [1.29, 1.82) is 0 Å². The Morgan fingerprint density at radius 3 is 2.85 bits per heavy atom. The smallest absolute Gasteiger partial charge is 0.0205 e. The van der Waals surface area contributed by atoms with Crippen LogP contribution in [-0.2, 0) is 6.54 Å². The topological polar surface area (TPSA) is 15.3 Å². The summed E-state index contributed by atoms with van der Waals surface area (Å²) in [6.07, 6.45) is 5.41. The lowest BCUT2D eigenvalue weighted by Gasteiger charge is -2.26. The summed E-state index contributed by atoms with van der Waals surface area (Å²) in [4.78, 5) is 4.03. The highest BCUT2D eigenvalue weighted by atomic mass is 32.2. The highest BCUT2D eigenvalue weighted by Crippen LogP contribution is 2.20. The van der Waals surface area contributed by atoms with Crippen molar-refractivity contribution in [2.45, 2.75) is 44.0 Å². The second kappa shape index (κ2) is 9.43. The van der Waals surface area contributed by atoms with Gasteiger partial charge in [-0.15, -0.1) is 11.8 Å². The molecule has 1 aliphatic heterocycles. The van der Waals surface area contributed by atoms with Crippen molar-refractivity contribution in [3.05, 3.63) is 29.8 Å². The van der Waals surface area contributed by atoms with Gasteiger partial charge in [-0.3, -0.25) is 0 Å². The second-order valence-corrected chi connectivity index (χ2v) is 6.74. The highest BCUT2D eigenvalue weighted by molar-refractivity contribution is 7.99. The first-order valence-electron chi connectivity index (χ1n) is 8.03. The molecule has 1 N–H and O–H groups in total. The first-order valence-corrected chi connectivity index (χ1v) is 9.02. The number of nitrogens with zero attached hydrogens (tertiary/aromatic N) is 1. The van der Waals surface area contributed by atoms with Crippen LogP contribution in [0.25, 0.3) is 0 Å². The third kappa shape index (κ3) is 5.86. The van der Waals surface area contributed by atoms with E-state index in [0.717, 1.165) is 13.1 Å². The van der Waals surface area contributed by atoms with Gasteiger partial charge in [0.2, 0.25) is 0 Å². The van der Waals surface area contributed by atoms with Crippen molar-refractivity contribution >= 4 is 11.8 Å². The predicted molar refractivity (Wildman–Crippen MR) is 89.5 cm³/mol. The van der Waals surface area contributed by atoms with E-state index in [9.17, 15) is 0 Å². The standard InChI is InChI=1S/C17H28N2S/c1-2-9-18-15-16-7-6-8-17(14-16)20-13-12-19-10-4-3-5-11-19/h6-8,14,18H,2-5,9-13,15H2,1H3. The maximum absolute atomic E-state index is 3.47. The van der Waals surface area contributed by atoms with Crippen molar-refractivity contribution in [3.8, 4) is 0 Å². The SMILES string of the molecule is CCCNCc1cccc(SCCN2CCCCC2)c1. The molecular formula is C17H28N2S. The lowest BCUT2D eigenvalue weighted by Crippen LogP contribution is -2.31. The van der Waals surface area contributed by atoms with Gasteiger partial charge in [0.05, 0.1) is 0 Å². The van der Waals surface area contributed by atoms with E-state index in [1.54, 1.807) is 0 Å². The Kier molecular flexibility index (Phi) is 7.48. The monoisotopic (exact) mass is 292 g/mol. The molecule has 0 saturated carbocycles. The molecule has 2 nitrogen and oxygen atoms in total.